The molecule has 0 radical (unpaired) electrons. The summed E-state index contributed by atoms with van der Waals surface area (Å²) < 4.78 is 5.47. The molecule has 4 rings (SSSR count). The number of piperazine rings is 1. The van der Waals surface area contributed by atoms with Crippen LogP contribution in [-0.2, 0) is 4.79 Å². The van der Waals surface area contributed by atoms with Gasteiger partial charge in [-0.15, -0.1) is 12.4 Å². The number of aromatic nitrogens is 2. The molecule has 160 valence electrons. The fraction of sp³-hybridized carbons (Fsp3) is 0.429. The van der Waals surface area contributed by atoms with Crippen LogP contribution in [0.25, 0.3) is 0 Å². The highest BCUT2D eigenvalue weighted by Gasteiger charge is 2.28. The van der Waals surface area contributed by atoms with Crippen LogP contribution < -0.4 is 9.64 Å². The molecule has 0 spiro atoms. The van der Waals surface area contributed by atoms with Gasteiger partial charge in [-0.3, -0.25) is 19.4 Å². The van der Waals surface area contributed by atoms with Crippen LogP contribution in [0.2, 0.25) is 0 Å². The summed E-state index contributed by atoms with van der Waals surface area (Å²) in [5.41, 5.74) is 0.456. The predicted octanol–water partition coefficient (Wildman–Crippen LogP) is 1.86. The number of amides is 2. The van der Waals surface area contributed by atoms with E-state index >= 15 is 0 Å². The molecule has 0 atom stereocenters. The molecular formula is C21H26ClN5O3. The van der Waals surface area contributed by atoms with E-state index in [1.165, 1.54) is 4.90 Å². The van der Waals surface area contributed by atoms with E-state index in [4.69, 9.17) is 4.74 Å². The standard InChI is InChI=1S/C21H25N5O3.ClH/c27-19-16-29-18-7-2-1-6-17(18)20(28)26(19)11-4-3-10-24-12-14-25(15-13-24)21-22-8-5-9-23-21;/h1-2,5-9H,3-4,10-16H2;1H. The number of carbonyl (C=O) groups is 2. The molecule has 1 aromatic heterocycles. The van der Waals surface area contributed by atoms with E-state index in [1.54, 1.807) is 36.7 Å². The van der Waals surface area contributed by atoms with Gasteiger partial charge in [0.15, 0.2) is 6.61 Å². The number of hydrogen-bond donors (Lipinski definition) is 0. The Bertz CT molecular complexity index is 859. The van der Waals surface area contributed by atoms with Gasteiger partial charge in [-0.2, -0.15) is 0 Å². The number of rotatable bonds is 6. The third-order valence-electron chi connectivity index (χ3n) is 5.33. The highest BCUT2D eigenvalue weighted by atomic mass is 35.5. The van der Waals surface area contributed by atoms with Gasteiger partial charge in [-0.25, -0.2) is 9.97 Å². The van der Waals surface area contributed by atoms with Crippen LogP contribution in [0.1, 0.15) is 23.2 Å². The summed E-state index contributed by atoms with van der Waals surface area (Å²) in [6.07, 6.45) is 5.25. The molecule has 2 amide bonds. The van der Waals surface area contributed by atoms with Crippen LogP contribution in [0.4, 0.5) is 5.95 Å². The summed E-state index contributed by atoms with van der Waals surface area (Å²) in [7, 11) is 0. The van der Waals surface area contributed by atoms with Gasteiger partial charge in [-0.1, -0.05) is 12.1 Å². The average Bonchev–Trinajstić information content (AvgIpc) is 2.89. The molecule has 0 unspecified atom stereocenters. The second-order valence-corrected chi connectivity index (χ2v) is 7.22. The molecule has 2 aliphatic heterocycles. The lowest BCUT2D eigenvalue weighted by Gasteiger charge is -2.34. The lowest BCUT2D eigenvalue weighted by molar-refractivity contribution is -0.130. The zero-order chi connectivity index (χ0) is 20.1. The number of nitrogens with zero attached hydrogens (tertiary/aromatic N) is 5. The number of halogens is 1. The van der Waals surface area contributed by atoms with Gasteiger partial charge in [0.1, 0.15) is 5.75 Å². The third-order valence-corrected chi connectivity index (χ3v) is 5.33. The maximum absolute atomic E-state index is 12.7. The number of anilines is 1. The summed E-state index contributed by atoms with van der Waals surface area (Å²) in [4.78, 5) is 39.6. The van der Waals surface area contributed by atoms with Gasteiger partial charge >= 0.3 is 0 Å². The maximum atomic E-state index is 12.7. The lowest BCUT2D eigenvalue weighted by atomic mass is 10.1. The molecule has 9 heteroatoms. The second-order valence-electron chi connectivity index (χ2n) is 7.22. The number of hydrogen-bond acceptors (Lipinski definition) is 7. The van der Waals surface area contributed by atoms with E-state index in [2.05, 4.69) is 19.8 Å². The minimum atomic E-state index is -0.275. The Hall–Kier alpha value is -2.71. The van der Waals surface area contributed by atoms with Crippen molar-refractivity contribution < 1.29 is 14.3 Å². The fourth-order valence-electron chi connectivity index (χ4n) is 3.70. The number of ether oxygens (including phenoxy) is 1. The summed E-state index contributed by atoms with van der Waals surface area (Å²) >= 11 is 0. The minimum absolute atomic E-state index is 0. The zero-order valence-electron chi connectivity index (χ0n) is 16.8. The van der Waals surface area contributed by atoms with Gasteiger partial charge in [0.05, 0.1) is 5.56 Å². The SMILES string of the molecule is Cl.O=C1COc2ccccc2C(=O)N1CCCCN1CCN(c2ncccn2)CC1. The molecule has 0 N–H and O–H groups in total. The molecule has 0 bridgehead atoms. The van der Waals surface area contributed by atoms with E-state index < -0.39 is 0 Å². The molecule has 30 heavy (non-hydrogen) atoms. The first-order chi connectivity index (χ1) is 14.2. The number of fused-ring (bicyclic) bond motifs is 1. The Morgan fingerprint density at radius 3 is 2.37 bits per heavy atom. The molecule has 1 fully saturated rings. The van der Waals surface area contributed by atoms with Crippen molar-refractivity contribution in [3.05, 3.63) is 48.3 Å². The van der Waals surface area contributed by atoms with Crippen molar-refractivity contribution in [1.82, 2.24) is 19.8 Å². The van der Waals surface area contributed by atoms with Crippen LogP contribution in [0.15, 0.2) is 42.7 Å². The summed E-state index contributed by atoms with van der Waals surface area (Å²) in [6, 6.07) is 8.84. The molecule has 0 saturated carbocycles. The van der Waals surface area contributed by atoms with Gasteiger partial charge in [0, 0.05) is 45.1 Å². The predicted molar refractivity (Wildman–Crippen MR) is 115 cm³/mol. The highest BCUT2D eigenvalue weighted by Crippen LogP contribution is 2.23. The number of benzene rings is 1. The van der Waals surface area contributed by atoms with Crippen molar-refractivity contribution in [3.63, 3.8) is 0 Å². The summed E-state index contributed by atoms with van der Waals surface area (Å²) in [5.74, 6) is 0.726. The van der Waals surface area contributed by atoms with E-state index in [1.807, 2.05) is 6.07 Å². The fourth-order valence-corrected chi connectivity index (χ4v) is 3.70. The van der Waals surface area contributed by atoms with E-state index in [0.717, 1.165) is 51.5 Å². The van der Waals surface area contributed by atoms with Gasteiger partial charge in [0.25, 0.3) is 11.8 Å². The van der Waals surface area contributed by atoms with Crippen molar-refractivity contribution in [2.75, 3.05) is 50.8 Å². The number of unbranched alkanes of at least 4 members (excludes halogenated alkanes) is 1. The summed E-state index contributed by atoms with van der Waals surface area (Å²) in [5, 5.41) is 0. The van der Waals surface area contributed by atoms with Crippen LogP contribution in [0.3, 0.4) is 0 Å². The van der Waals surface area contributed by atoms with Gasteiger partial charge < -0.3 is 9.64 Å². The van der Waals surface area contributed by atoms with Crippen LogP contribution in [-0.4, -0.2) is 77.5 Å². The number of imide groups is 1. The van der Waals surface area contributed by atoms with E-state index in [0.29, 0.717) is 17.9 Å². The molecule has 0 aliphatic carbocycles. The van der Waals surface area contributed by atoms with Crippen molar-refractivity contribution in [1.29, 1.82) is 0 Å². The minimum Gasteiger partial charge on any atom is -0.483 e. The number of para-hydroxylation sites is 1. The third kappa shape index (κ3) is 5.06. The zero-order valence-corrected chi connectivity index (χ0v) is 17.6. The van der Waals surface area contributed by atoms with Crippen molar-refractivity contribution in [2.45, 2.75) is 12.8 Å². The largest absolute Gasteiger partial charge is 0.483 e. The molecule has 3 heterocycles. The first kappa shape index (κ1) is 22.0. The lowest BCUT2D eigenvalue weighted by Crippen LogP contribution is -2.47. The average molecular weight is 432 g/mol. The Labute approximate surface area is 182 Å². The molecule has 2 aromatic rings. The van der Waals surface area contributed by atoms with E-state index in [-0.39, 0.29) is 30.8 Å². The molecule has 1 aromatic carbocycles. The van der Waals surface area contributed by atoms with Crippen molar-refractivity contribution in [3.8, 4) is 5.75 Å². The van der Waals surface area contributed by atoms with Crippen LogP contribution in [0, 0.1) is 0 Å². The van der Waals surface area contributed by atoms with Crippen LogP contribution in [0.5, 0.6) is 5.75 Å². The first-order valence-corrected chi connectivity index (χ1v) is 10.0. The Kier molecular flexibility index (Phi) is 7.59. The van der Waals surface area contributed by atoms with Crippen LogP contribution >= 0.6 is 12.4 Å². The smallest absolute Gasteiger partial charge is 0.267 e. The van der Waals surface area contributed by atoms with Gasteiger partial charge in [-0.05, 0) is 37.6 Å². The monoisotopic (exact) mass is 431 g/mol. The molecule has 2 aliphatic rings. The number of carbonyl (C=O) groups excluding carboxylic acids is 2. The second kappa shape index (κ2) is 10.4. The topological polar surface area (TPSA) is 78.9 Å². The Balaban J connectivity index is 0.00000256. The molecule has 8 nitrogen and oxygen atoms in total. The first-order valence-electron chi connectivity index (χ1n) is 10.0. The molecule has 1 saturated heterocycles. The Morgan fingerprint density at radius 2 is 1.60 bits per heavy atom. The van der Waals surface area contributed by atoms with Crippen molar-refractivity contribution >= 4 is 30.2 Å². The quantitative estimate of drug-likeness (QED) is 0.510. The van der Waals surface area contributed by atoms with Crippen molar-refractivity contribution in [2.24, 2.45) is 0 Å². The highest BCUT2D eigenvalue weighted by molar-refractivity contribution is 6.07. The maximum Gasteiger partial charge on any atom is 0.267 e. The Morgan fingerprint density at radius 1 is 0.900 bits per heavy atom. The van der Waals surface area contributed by atoms with E-state index in [9.17, 15) is 9.59 Å². The normalized spacial score (nSPS) is 17.1. The van der Waals surface area contributed by atoms with Gasteiger partial charge in [0.2, 0.25) is 5.95 Å². The molecular weight excluding hydrogens is 406 g/mol. The summed E-state index contributed by atoms with van der Waals surface area (Å²) in [6.45, 7) is 5.01.